The van der Waals surface area contributed by atoms with Gasteiger partial charge in [0.25, 0.3) is 0 Å². The molecule has 2 rings (SSSR count). The highest BCUT2D eigenvalue weighted by Crippen LogP contribution is 2.31. The minimum Gasteiger partial charge on any atom is -0.478 e. The molecule has 0 bridgehead atoms. The minimum atomic E-state index is -1.28. The first-order chi connectivity index (χ1) is 13.5. The lowest BCUT2D eigenvalue weighted by atomic mass is 9.95. The van der Waals surface area contributed by atoms with Crippen LogP contribution in [0.1, 0.15) is 34.1 Å². The van der Waals surface area contributed by atoms with Crippen molar-refractivity contribution < 1.29 is 34.0 Å². The molecule has 0 aromatic heterocycles. The molecule has 0 spiro atoms. The molecule has 1 unspecified atom stereocenters. The molecular weight excluding hydrogens is 364 g/mol. The molecule has 0 heterocycles. The Morgan fingerprint density at radius 1 is 1.11 bits per heavy atom. The van der Waals surface area contributed by atoms with E-state index in [2.05, 4.69) is 11.8 Å². The number of carboxylic acids is 2. The molecule has 1 aliphatic rings. The Kier molecular flexibility index (Phi) is 7.81. The van der Waals surface area contributed by atoms with E-state index in [9.17, 15) is 19.8 Å². The van der Waals surface area contributed by atoms with Crippen LogP contribution in [-0.2, 0) is 9.47 Å². The quantitative estimate of drug-likeness (QED) is 0.497. The maximum Gasteiger partial charge on any atom is 0.339 e. The predicted molar refractivity (Wildman–Crippen MR) is 102 cm³/mol. The van der Waals surface area contributed by atoms with Gasteiger partial charge < -0.3 is 24.4 Å². The van der Waals surface area contributed by atoms with E-state index in [1.165, 1.54) is 18.2 Å². The molecule has 7 nitrogen and oxygen atoms in total. The van der Waals surface area contributed by atoms with Crippen molar-refractivity contribution in [2.75, 3.05) is 26.4 Å². The molecule has 7 heteroatoms. The van der Waals surface area contributed by atoms with Crippen molar-refractivity contribution in [2.24, 2.45) is 0 Å². The molecular formula is C21H22O7. The van der Waals surface area contributed by atoms with Crippen LogP contribution in [0.3, 0.4) is 0 Å². The molecule has 1 aliphatic carbocycles. The molecule has 0 saturated carbocycles. The van der Waals surface area contributed by atoms with Gasteiger partial charge in [-0.2, -0.15) is 0 Å². The van der Waals surface area contributed by atoms with E-state index in [4.69, 9.17) is 14.2 Å². The average molecular weight is 386 g/mol. The Bertz CT molecular complexity index is 797. The van der Waals surface area contributed by atoms with Crippen LogP contribution in [0.25, 0.3) is 0 Å². The lowest BCUT2D eigenvalue weighted by Gasteiger charge is -2.28. The Hall–Kier alpha value is -3.08. The van der Waals surface area contributed by atoms with Crippen LogP contribution in [0.2, 0.25) is 0 Å². The summed E-state index contributed by atoms with van der Waals surface area (Å²) < 4.78 is 16.5. The van der Waals surface area contributed by atoms with Gasteiger partial charge in [-0.05, 0) is 31.1 Å². The van der Waals surface area contributed by atoms with E-state index < -0.39 is 17.5 Å². The summed E-state index contributed by atoms with van der Waals surface area (Å²) in [6, 6.07) is 3.95. The molecule has 0 radical (unpaired) electrons. The molecule has 1 aromatic rings. The fourth-order valence-electron chi connectivity index (χ4n) is 2.53. The molecule has 28 heavy (non-hydrogen) atoms. The van der Waals surface area contributed by atoms with E-state index in [0.29, 0.717) is 26.2 Å². The highest BCUT2D eigenvalue weighted by atomic mass is 16.5. The van der Waals surface area contributed by atoms with Gasteiger partial charge in [0, 0.05) is 13.0 Å². The predicted octanol–water partition coefficient (Wildman–Crippen LogP) is 2.77. The first-order valence-corrected chi connectivity index (χ1v) is 8.77. The standard InChI is InChI=1S/C21H22O7/c1-2-26-14-15-27-13-7-12-21(10-4-3-5-11-21)28-18-16(19(22)23)8-6-9-17(18)20(24)25/h3-6,8-10H,2,11,13-15H2,1H3,(H,22,23)(H,24,25). The zero-order valence-corrected chi connectivity index (χ0v) is 15.5. The summed E-state index contributed by atoms with van der Waals surface area (Å²) >= 11 is 0. The number of allylic oxidation sites excluding steroid dienone is 2. The summed E-state index contributed by atoms with van der Waals surface area (Å²) in [7, 11) is 0. The van der Waals surface area contributed by atoms with Crippen LogP contribution in [0.5, 0.6) is 5.75 Å². The van der Waals surface area contributed by atoms with Crippen molar-refractivity contribution in [1.82, 2.24) is 0 Å². The zero-order valence-electron chi connectivity index (χ0n) is 15.5. The monoisotopic (exact) mass is 386 g/mol. The van der Waals surface area contributed by atoms with E-state index in [1.54, 1.807) is 12.2 Å². The number of carboxylic acid groups (broad SMARTS) is 2. The van der Waals surface area contributed by atoms with Gasteiger partial charge in [0.15, 0.2) is 11.4 Å². The van der Waals surface area contributed by atoms with Gasteiger partial charge in [-0.1, -0.05) is 30.2 Å². The summed E-state index contributed by atoms with van der Waals surface area (Å²) in [6.45, 7) is 3.51. The number of aromatic carboxylic acids is 2. The van der Waals surface area contributed by atoms with Crippen LogP contribution in [0.4, 0.5) is 0 Å². The molecule has 2 N–H and O–H groups in total. The van der Waals surface area contributed by atoms with E-state index in [0.717, 1.165) is 0 Å². The van der Waals surface area contributed by atoms with E-state index in [-0.39, 0.29) is 23.5 Å². The number of carbonyl (C=O) groups is 2. The summed E-state index contributed by atoms with van der Waals surface area (Å²) in [5, 5.41) is 18.9. The van der Waals surface area contributed by atoms with Crippen molar-refractivity contribution in [2.45, 2.75) is 18.9 Å². The average Bonchev–Trinajstić information content (AvgIpc) is 2.68. The van der Waals surface area contributed by atoms with Crippen LogP contribution < -0.4 is 4.74 Å². The normalized spacial score (nSPS) is 17.6. The van der Waals surface area contributed by atoms with E-state index >= 15 is 0 Å². The highest BCUT2D eigenvalue weighted by Gasteiger charge is 2.31. The molecule has 0 amide bonds. The van der Waals surface area contributed by atoms with Crippen LogP contribution in [0.15, 0.2) is 42.5 Å². The number of rotatable bonds is 9. The highest BCUT2D eigenvalue weighted by molar-refractivity contribution is 5.98. The van der Waals surface area contributed by atoms with Crippen LogP contribution in [-0.4, -0.2) is 54.2 Å². The summed E-state index contributed by atoms with van der Waals surface area (Å²) in [5.41, 5.74) is -1.66. The first kappa shape index (κ1) is 21.2. The van der Waals surface area contributed by atoms with Crippen molar-refractivity contribution in [3.63, 3.8) is 0 Å². The van der Waals surface area contributed by atoms with Gasteiger partial charge in [-0.15, -0.1) is 0 Å². The smallest absolute Gasteiger partial charge is 0.339 e. The number of benzene rings is 1. The third kappa shape index (κ3) is 5.71. The van der Waals surface area contributed by atoms with Gasteiger partial charge in [0.2, 0.25) is 0 Å². The van der Waals surface area contributed by atoms with Crippen LogP contribution in [0, 0.1) is 11.8 Å². The SMILES string of the molecule is CCOCCOCC#CC1(Oc2c(C(=O)O)cccc2C(=O)O)C=CC=CC1. The number of para-hydroxylation sites is 1. The summed E-state index contributed by atoms with van der Waals surface area (Å²) in [6.07, 6.45) is 7.35. The topological polar surface area (TPSA) is 102 Å². The minimum absolute atomic E-state index is 0.141. The molecule has 0 fully saturated rings. The number of hydrogen-bond acceptors (Lipinski definition) is 5. The fourth-order valence-corrected chi connectivity index (χ4v) is 2.53. The van der Waals surface area contributed by atoms with Crippen molar-refractivity contribution in [1.29, 1.82) is 0 Å². The van der Waals surface area contributed by atoms with Crippen molar-refractivity contribution in [3.05, 3.63) is 53.6 Å². The Morgan fingerprint density at radius 3 is 2.36 bits per heavy atom. The zero-order chi connectivity index (χ0) is 20.4. The lowest BCUT2D eigenvalue weighted by molar-refractivity contribution is 0.0659. The maximum atomic E-state index is 11.6. The lowest BCUT2D eigenvalue weighted by Crippen LogP contribution is -2.34. The summed E-state index contributed by atoms with van der Waals surface area (Å²) in [5.74, 6) is 3.01. The first-order valence-electron chi connectivity index (χ1n) is 8.77. The molecule has 1 aromatic carbocycles. The third-order valence-corrected chi connectivity index (χ3v) is 3.84. The Balaban J connectivity index is 2.26. The summed E-state index contributed by atoms with van der Waals surface area (Å²) in [4.78, 5) is 23.1. The number of hydrogen-bond donors (Lipinski definition) is 2. The fraction of sp³-hybridized carbons (Fsp3) is 0.333. The van der Waals surface area contributed by atoms with Gasteiger partial charge in [0.1, 0.15) is 17.7 Å². The second-order valence-corrected chi connectivity index (χ2v) is 5.83. The second kappa shape index (κ2) is 10.3. The van der Waals surface area contributed by atoms with Gasteiger partial charge in [-0.25, -0.2) is 9.59 Å². The second-order valence-electron chi connectivity index (χ2n) is 5.83. The molecule has 148 valence electrons. The Morgan fingerprint density at radius 2 is 1.79 bits per heavy atom. The van der Waals surface area contributed by atoms with E-state index in [1.807, 2.05) is 19.1 Å². The van der Waals surface area contributed by atoms with Crippen molar-refractivity contribution >= 4 is 11.9 Å². The maximum absolute atomic E-state index is 11.6. The van der Waals surface area contributed by atoms with Crippen LogP contribution >= 0.6 is 0 Å². The molecule has 0 aliphatic heterocycles. The molecule has 0 saturated heterocycles. The third-order valence-electron chi connectivity index (χ3n) is 3.84. The largest absolute Gasteiger partial charge is 0.478 e. The molecule has 1 atom stereocenters. The van der Waals surface area contributed by atoms with Crippen molar-refractivity contribution in [3.8, 4) is 17.6 Å². The Labute approximate surface area is 163 Å². The number of ether oxygens (including phenoxy) is 3. The van der Waals surface area contributed by atoms with Gasteiger partial charge >= 0.3 is 11.9 Å². The van der Waals surface area contributed by atoms with Gasteiger partial charge in [0.05, 0.1) is 13.2 Å². The van der Waals surface area contributed by atoms with Gasteiger partial charge in [-0.3, -0.25) is 0 Å².